The Morgan fingerprint density at radius 3 is 0.714 bits per heavy atom. The van der Waals surface area contributed by atoms with Gasteiger partial charge in [0, 0.05) is 0 Å². The molecule has 0 aromatic rings. The van der Waals surface area contributed by atoms with Gasteiger partial charge in [0.15, 0.2) is 11.1 Å². The molecule has 76 valence electrons. The maximum absolute atomic E-state index is 10.2. The van der Waals surface area contributed by atoms with Crippen LogP contribution in [0.4, 0.5) is 0 Å². The summed E-state index contributed by atoms with van der Waals surface area (Å²) >= 11 is 0. The molecular formula is C6H4O8. The van der Waals surface area contributed by atoms with Gasteiger partial charge in [0.05, 0.1) is 0 Å². The molecule has 8 nitrogen and oxygen atoms in total. The number of carbonyl (C=O) groups is 4. The second-order valence-corrected chi connectivity index (χ2v) is 1.97. The first kappa shape index (κ1) is 11.6. The minimum atomic E-state index is -2.13. The van der Waals surface area contributed by atoms with Crippen molar-refractivity contribution >= 4 is 23.9 Å². The Labute approximate surface area is 75.7 Å². The Morgan fingerprint density at radius 2 is 0.643 bits per heavy atom. The summed E-state index contributed by atoms with van der Waals surface area (Å²) in [7, 11) is 0. The van der Waals surface area contributed by atoms with E-state index in [-0.39, 0.29) is 0 Å². The zero-order valence-electron chi connectivity index (χ0n) is 6.42. The molecule has 0 rings (SSSR count). The van der Waals surface area contributed by atoms with E-state index in [1.807, 2.05) is 0 Å². The van der Waals surface area contributed by atoms with Crippen LogP contribution in [0.2, 0.25) is 0 Å². The number of carboxylic acid groups (broad SMARTS) is 4. The van der Waals surface area contributed by atoms with Crippen LogP contribution in [0.25, 0.3) is 0 Å². The second-order valence-electron chi connectivity index (χ2n) is 1.97. The van der Waals surface area contributed by atoms with Gasteiger partial charge in [-0.2, -0.15) is 0 Å². The summed E-state index contributed by atoms with van der Waals surface area (Å²) < 4.78 is 0. The number of carboxylic acids is 4. The molecule has 0 atom stereocenters. The van der Waals surface area contributed by atoms with E-state index in [4.69, 9.17) is 20.4 Å². The molecule has 0 saturated carbocycles. The lowest BCUT2D eigenvalue weighted by atomic mass is 10.1. The lowest BCUT2D eigenvalue weighted by molar-refractivity contribution is -0.146. The predicted molar refractivity (Wildman–Crippen MR) is 37.6 cm³/mol. The number of rotatable bonds is 4. The molecule has 0 fully saturated rings. The van der Waals surface area contributed by atoms with E-state index in [1.54, 1.807) is 0 Å². The average molecular weight is 204 g/mol. The number of aliphatic carboxylic acids is 4. The molecule has 0 spiro atoms. The fraction of sp³-hybridized carbons (Fsp3) is 0. The van der Waals surface area contributed by atoms with Crippen LogP contribution in [0.15, 0.2) is 11.1 Å². The van der Waals surface area contributed by atoms with E-state index < -0.39 is 35.0 Å². The fourth-order valence-electron chi connectivity index (χ4n) is 0.611. The van der Waals surface area contributed by atoms with Gasteiger partial charge in [-0.05, 0) is 0 Å². The quantitative estimate of drug-likeness (QED) is 0.248. The summed E-state index contributed by atoms with van der Waals surface area (Å²) in [5.74, 6) is -8.51. The summed E-state index contributed by atoms with van der Waals surface area (Å²) in [4.78, 5) is 40.9. The Kier molecular flexibility index (Phi) is 3.34. The highest BCUT2D eigenvalue weighted by Gasteiger charge is 2.31. The predicted octanol–water partition coefficient (Wildman–Crippen LogP) is -1.38. The molecule has 4 N–H and O–H groups in total. The standard InChI is InChI=1S/C6H4O8/c7-3(8)1(4(9)10)2(5(11)12)6(13)14/h(H,7,8)(H,9,10)(H,11,12)(H,13,14). The normalized spacial score (nSPS) is 8.86. The molecule has 0 aromatic heterocycles. The average Bonchev–Trinajstić information content (AvgIpc) is 1.96. The molecule has 8 heteroatoms. The minimum absolute atomic E-state index is 1.69. The van der Waals surface area contributed by atoms with Gasteiger partial charge in [-0.25, -0.2) is 19.2 Å². The van der Waals surface area contributed by atoms with Gasteiger partial charge >= 0.3 is 23.9 Å². The summed E-state index contributed by atoms with van der Waals surface area (Å²) in [6.07, 6.45) is 0. The summed E-state index contributed by atoms with van der Waals surface area (Å²) in [6.45, 7) is 0. The summed E-state index contributed by atoms with van der Waals surface area (Å²) in [5.41, 5.74) is -3.38. The molecule has 0 aliphatic rings. The zero-order valence-corrected chi connectivity index (χ0v) is 6.42. The Balaban J connectivity index is 5.76. The van der Waals surface area contributed by atoms with Crippen molar-refractivity contribution in [2.24, 2.45) is 0 Å². The van der Waals surface area contributed by atoms with Crippen molar-refractivity contribution in [1.82, 2.24) is 0 Å². The third kappa shape index (κ3) is 2.30. The van der Waals surface area contributed by atoms with Crippen LogP contribution in [-0.4, -0.2) is 44.3 Å². The Bertz CT molecular complexity index is 283. The molecule has 0 unspecified atom stereocenters. The molecule has 14 heavy (non-hydrogen) atoms. The van der Waals surface area contributed by atoms with Gasteiger partial charge < -0.3 is 20.4 Å². The fourth-order valence-corrected chi connectivity index (χ4v) is 0.611. The molecule has 0 bridgehead atoms. The van der Waals surface area contributed by atoms with Crippen molar-refractivity contribution in [3.63, 3.8) is 0 Å². The van der Waals surface area contributed by atoms with Crippen molar-refractivity contribution in [2.45, 2.75) is 0 Å². The SMILES string of the molecule is O=C(O)C(C(=O)O)=C(C(=O)O)C(=O)O. The smallest absolute Gasteiger partial charge is 0.344 e. The highest BCUT2D eigenvalue weighted by atomic mass is 16.4. The first-order chi connectivity index (χ1) is 6.29. The van der Waals surface area contributed by atoms with E-state index in [2.05, 4.69) is 0 Å². The van der Waals surface area contributed by atoms with Crippen molar-refractivity contribution in [3.05, 3.63) is 11.1 Å². The second kappa shape index (κ2) is 4.03. The topological polar surface area (TPSA) is 149 Å². The maximum Gasteiger partial charge on any atom is 0.344 e. The van der Waals surface area contributed by atoms with Gasteiger partial charge in [0.1, 0.15) is 0 Å². The summed E-state index contributed by atoms with van der Waals surface area (Å²) in [5, 5.41) is 33.0. The molecular weight excluding hydrogens is 200 g/mol. The molecule has 0 radical (unpaired) electrons. The lowest BCUT2D eigenvalue weighted by Gasteiger charge is -1.99. The lowest BCUT2D eigenvalue weighted by Crippen LogP contribution is -2.23. The molecule has 0 aromatic carbocycles. The van der Waals surface area contributed by atoms with Crippen LogP contribution in [0.5, 0.6) is 0 Å². The Morgan fingerprint density at radius 1 is 0.500 bits per heavy atom. The first-order valence-corrected chi connectivity index (χ1v) is 2.96. The first-order valence-electron chi connectivity index (χ1n) is 2.96. The van der Waals surface area contributed by atoms with Crippen molar-refractivity contribution in [1.29, 1.82) is 0 Å². The van der Waals surface area contributed by atoms with Crippen molar-refractivity contribution < 1.29 is 39.6 Å². The molecule has 0 aliphatic carbocycles. The number of hydrogen-bond donors (Lipinski definition) is 4. The highest BCUT2D eigenvalue weighted by Crippen LogP contribution is 2.06. The van der Waals surface area contributed by atoms with Gasteiger partial charge in [-0.1, -0.05) is 0 Å². The van der Waals surface area contributed by atoms with Gasteiger partial charge in [-0.15, -0.1) is 0 Å². The van der Waals surface area contributed by atoms with Crippen LogP contribution < -0.4 is 0 Å². The van der Waals surface area contributed by atoms with E-state index in [0.29, 0.717) is 0 Å². The summed E-state index contributed by atoms with van der Waals surface area (Å²) in [6, 6.07) is 0. The zero-order chi connectivity index (χ0) is 11.5. The van der Waals surface area contributed by atoms with Gasteiger partial charge in [0.25, 0.3) is 0 Å². The minimum Gasteiger partial charge on any atom is -0.477 e. The van der Waals surface area contributed by atoms with E-state index in [1.165, 1.54) is 0 Å². The van der Waals surface area contributed by atoms with E-state index in [0.717, 1.165) is 0 Å². The Hall–Kier alpha value is -2.38. The molecule has 0 aliphatic heterocycles. The third-order valence-electron chi connectivity index (χ3n) is 1.11. The molecule has 0 heterocycles. The monoisotopic (exact) mass is 204 g/mol. The molecule has 0 amide bonds. The van der Waals surface area contributed by atoms with Crippen LogP contribution in [0, 0.1) is 0 Å². The van der Waals surface area contributed by atoms with Crippen LogP contribution in [0.3, 0.4) is 0 Å². The van der Waals surface area contributed by atoms with Crippen LogP contribution in [-0.2, 0) is 19.2 Å². The van der Waals surface area contributed by atoms with Gasteiger partial charge in [-0.3, -0.25) is 0 Å². The van der Waals surface area contributed by atoms with Gasteiger partial charge in [0.2, 0.25) is 0 Å². The maximum atomic E-state index is 10.2. The van der Waals surface area contributed by atoms with Crippen molar-refractivity contribution in [2.75, 3.05) is 0 Å². The van der Waals surface area contributed by atoms with Crippen molar-refractivity contribution in [3.8, 4) is 0 Å². The van der Waals surface area contributed by atoms with E-state index in [9.17, 15) is 19.2 Å². The van der Waals surface area contributed by atoms with E-state index >= 15 is 0 Å². The third-order valence-corrected chi connectivity index (χ3v) is 1.11. The van der Waals surface area contributed by atoms with Crippen LogP contribution >= 0.6 is 0 Å². The number of hydrogen-bond acceptors (Lipinski definition) is 4. The molecule has 0 saturated heterocycles. The largest absolute Gasteiger partial charge is 0.477 e. The highest BCUT2D eigenvalue weighted by molar-refractivity contribution is 6.26. The van der Waals surface area contributed by atoms with Crippen LogP contribution in [0.1, 0.15) is 0 Å².